The minimum atomic E-state index is 0.483. The van der Waals surface area contributed by atoms with Crippen molar-refractivity contribution >= 4 is 27.5 Å². The number of hydrogen-bond donors (Lipinski definition) is 0. The van der Waals surface area contributed by atoms with Gasteiger partial charge in [0.1, 0.15) is 5.15 Å². The molecule has 2 aromatic rings. The number of aromatic nitrogens is 2. The van der Waals surface area contributed by atoms with Gasteiger partial charge in [0.25, 0.3) is 0 Å². The van der Waals surface area contributed by atoms with E-state index < -0.39 is 0 Å². The van der Waals surface area contributed by atoms with Crippen molar-refractivity contribution in [3.63, 3.8) is 0 Å². The molecule has 0 aliphatic heterocycles. The maximum atomic E-state index is 6.25. The van der Waals surface area contributed by atoms with Crippen LogP contribution >= 0.6 is 27.5 Å². The van der Waals surface area contributed by atoms with Gasteiger partial charge in [0.2, 0.25) is 0 Å². The largest absolute Gasteiger partial charge is 0.232 e. The Labute approximate surface area is 133 Å². The fraction of sp³-hybridized carbons (Fsp3) is 0.375. The Morgan fingerprint density at radius 3 is 2.55 bits per heavy atom. The highest BCUT2D eigenvalue weighted by molar-refractivity contribution is 9.10. The Morgan fingerprint density at radius 2 is 1.90 bits per heavy atom. The second-order valence-corrected chi connectivity index (χ2v) is 6.36. The van der Waals surface area contributed by atoms with Gasteiger partial charge < -0.3 is 0 Å². The molecule has 0 unspecified atom stereocenters. The molecule has 0 bridgehead atoms. The van der Waals surface area contributed by atoms with Gasteiger partial charge >= 0.3 is 0 Å². The summed E-state index contributed by atoms with van der Waals surface area (Å²) in [5.41, 5.74) is 3.27. The molecule has 0 N–H and O–H groups in total. The van der Waals surface area contributed by atoms with E-state index in [0.29, 0.717) is 16.9 Å². The molecule has 106 valence electrons. The second-order valence-electron chi connectivity index (χ2n) is 5.21. The Bertz CT molecular complexity index is 611. The fourth-order valence-corrected chi connectivity index (χ4v) is 2.68. The van der Waals surface area contributed by atoms with Gasteiger partial charge in [-0.15, -0.1) is 0 Å². The van der Waals surface area contributed by atoms with Gasteiger partial charge in [-0.3, -0.25) is 0 Å². The van der Waals surface area contributed by atoms with E-state index in [2.05, 4.69) is 53.8 Å². The maximum absolute atomic E-state index is 6.25. The molecule has 20 heavy (non-hydrogen) atoms. The van der Waals surface area contributed by atoms with E-state index in [9.17, 15) is 0 Å². The third-order valence-corrected chi connectivity index (χ3v) is 4.46. The molecular formula is C16H18BrClN2. The molecule has 0 amide bonds. The lowest BCUT2D eigenvalue weighted by atomic mass is 10.0. The molecule has 0 saturated heterocycles. The van der Waals surface area contributed by atoms with E-state index in [4.69, 9.17) is 16.6 Å². The van der Waals surface area contributed by atoms with E-state index >= 15 is 0 Å². The van der Waals surface area contributed by atoms with Crippen LogP contribution in [0.25, 0.3) is 11.4 Å². The van der Waals surface area contributed by atoms with Crippen LogP contribution < -0.4 is 0 Å². The highest BCUT2D eigenvalue weighted by Crippen LogP contribution is 2.29. The summed E-state index contributed by atoms with van der Waals surface area (Å²) in [7, 11) is 0. The Balaban J connectivity index is 2.54. The van der Waals surface area contributed by atoms with Crippen LogP contribution in [0, 0.1) is 5.92 Å². The van der Waals surface area contributed by atoms with Gasteiger partial charge in [-0.05, 0) is 40.3 Å². The van der Waals surface area contributed by atoms with Crippen LogP contribution in [-0.2, 0) is 12.8 Å². The van der Waals surface area contributed by atoms with Gasteiger partial charge in [-0.1, -0.05) is 56.6 Å². The molecular weight excluding hydrogens is 336 g/mol. The highest BCUT2D eigenvalue weighted by Gasteiger charge is 2.14. The fourth-order valence-electron chi connectivity index (χ4n) is 2.15. The van der Waals surface area contributed by atoms with Gasteiger partial charge in [-0.25, -0.2) is 9.97 Å². The van der Waals surface area contributed by atoms with Crippen LogP contribution in [0.3, 0.4) is 0 Å². The van der Waals surface area contributed by atoms with Crippen molar-refractivity contribution in [1.29, 1.82) is 0 Å². The SMILES string of the molecule is CCc1ccccc1-c1nc(Cl)c(Br)c(CC(C)C)n1. The first-order valence-corrected chi connectivity index (χ1v) is 8.00. The van der Waals surface area contributed by atoms with Crippen molar-refractivity contribution in [2.45, 2.75) is 33.6 Å². The van der Waals surface area contributed by atoms with Crippen LogP contribution in [0.1, 0.15) is 32.0 Å². The lowest BCUT2D eigenvalue weighted by Crippen LogP contribution is -2.03. The van der Waals surface area contributed by atoms with E-state index in [-0.39, 0.29) is 0 Å². The molecule has 1 aromatic heterocycles. The normalized spacial score (nSPS) is 11.1. The van der Waals surface area contributed by atoms with Crippen molar-refractivity contribution < 1.29 is 0 Å². The summed E-state index contributed by atoms with van der Waals surface area (Å²) in [4.78, 5) is 9.14. The molecule has 0 fully saturated rings. The standard InChI is InChI=1S/C16H18BrClN2/c1-4-11-7-5-6-8-12(11)16-19-13(9-10(2)3)14(17)15(18)20-16/h5-8,10H,4,9H2,1-3H3. The van der Waals surface area contributed by atoms with Gasteiger partial charge in [0, 0.05) is 5.56 Å². The van der Waals surface area contributed by atoms with Crippen LogP contribution in [-0.4, -0.2) is 9.97 Å². The average Bonchev–Trinajstić information content (AvgIpc) is 2.43. The van der Waals surface area contributed by atoms with E-state index in [1.807, 2.05) is 12.1 Å². The zero-order chi connectivity index (χ0) is 14.7. The number of nitrogens with zero attached hydrogens (tertiary/aromatic N) is 2. The second kappa shape index (κ2) is 6.68. The first kappa shape index (κ1) is 15.5. The summed E-state index contributed by atoms with van der Waals surface area (Å²) < 4.78 is 0.811. The van der Waals surface area contributed by atoms with Crippen molar-refractivity contribution in [2.24, 2.45) is 5.92 Å². The summed E-state index contributed by atoms with van der Waals surface area (Å²) in [5, 5.41) is 0.483. The van der Waals surface area contributed by atoms with E-state index in [1.54, 1.807) is 0 Å². The van der Waals surface area contributed by atoms with Crippen LogP contribution in [0.2, 0.25) is 5.15 Å². The minimum Gasteiger partial charge on any atom is -0.232 e. The zero-order valence-electron chi connectivity index (χ0n) is 12.0. The molecule has 1 heterocycles. The smallest absolute Gasteiger partial charge is 0.161 e. The number of hydrogen-bond acceptors (Lipinski definition) is 2. The summed E-state index contributed by atoms with van der Waals surface area (Å²) in [6, 6.07) is 8.21. The van der Waals surface area contributed by atoms with E-state index in [0.717, 1.165) is 28.6 Å². The number of halogens is 2. The number of rotatable bonds is 4. The van der Waals surface area contributed by atoms with E-state index in [1.165, 1.54) is 5.56 Å². The molecule has 0 radical (unpaired) electrons. The summed E-state index contributed by atoms with van der Waals surface area (Å²) >= 11 is 9.74. The van der Waals surface area contributed by atoms with Crippen molar-refractivity contribution in [2.75, 3.05) is 0 Å². The lowest BCUT2D eigenvalue weighted by Gasteiger charge is -2.12. The van der Waals surface area contributed by atoms with Gasteiger partial charge in [-0.2, -0.15) is 0 Å². The van der Waals surface area contributed by atoms with Crippen molar-refractivity contribution in [1.82, 2.24) is 9.97 Å². The first-order valence-electron chi connectivity index (χ1n) is 6.83. The van der Waals surface area contributed by atoms with Gasteiger partial charge in [0.15, 0.2) is 5.82 Å². The lowest BCUT2D eigenvalue weighted by molar-refractivity contribution is 0.632. The predicted octanol–water partition coefficient (Wildman–Crippen LogP) is 5.32. The molecule has 4 heteroatoms. The maximum Gasteiger partial charge on any atom is 0.161 e. The van der Waals surface area contributed by atoms with Crippen LogP contribution in [0.4, 0.5) is 0 Å². The Kier molecular flexibility index (Phi) is 5.17. The molecule has 2 rings (SSSR count). The Hall–Kier alpha value is -0.930. The number of benzene rings is 1. The van der Waals surface area contributed by atoms with Crippen molar-refractivity contribution in [3.8, 4) is 11.4 Å². The average molecular weight is 354 g/mol. The van der Waals surface area contributed by atoms with Gasteiger partial charge in [0.05, 0.1) is 10.2 Å². The molecule has 1 aromatic carbocycles. The minimum absolute atomic E-state index is 0.483. The monoisotopic (exact) mass is 352 g/mol. The van der Waals surface area contributed by atoms with Crippen LogP contribution in [0.5, 0.6) is 0 Å². The topological polar surface area (TPSA) is 25.8 Å². The zero-order valence-corrected chi connectivity index (χ0v) is 14.3. The molecule has 0 aliphatic rings. The first-order chi connectivity index (χ1) is 9.52. The quantitative estimate of drug-likeness (QED) is 0.695. The molecule has 2 nitrogen and oxygen atoms in total. The Morgan fingerprint density at radius 1 is 1.20 bits per heavy atom. The summed E-state index contributed by atoms with van der Waals surface area (Å²) in [6.45, 7) is 6.47. The third-order valence-electron chi connectivity index (χ3n) is 3.12. The molecule has 0 spiro atoms. The molecule has 0 atom stereocenters. The molecule has 0 aliphatic carbocycles. The highest BCUT2D eigenvalue weighted by atomic mass is 79.9. The molecule has 0 saturated carbocycles. The third kappa shape index (κ3) is 3.39. The predicted molar refractivity (Wildman–Crippen MR) is 88.1 cm³/mol. The number of aryl methyl sites for hydroxylation is 1. The summed E-state index contributed by atoms with van der Waals surface area (Å²) in [6.07, 6.45) is 1.83. The van der Waals surface area contributed by atoms with Crippen molar-refractivity contribution in [3.05, 3.63) is 45.1 Å². The summed E-state index contributed by atoms with van der Waals surface area (Å²) in [5.74, 6) is 1.23. The van der Waals surface area contributed by atoms with Crippen LogP contribution in [0.15, 0.2) is 28.7 Å².